The van der Waals surface area contributed by atoms with Gasteiger partial charge in [0.25, 0.3) is 5.56 Å². The fourth-order valence-corrected chi connectivity index (χ4v) is 2.80. The molecular formula is C18H16Cl2N2O2. The van der Waals surface area contributed by atoms with Crippen LogP contribution in [0.1, 0.15) is 5.56 Å². The van der Waals surface area contributed by atoms with Crippen molar-refractivity contribution in [2.24, 2.45) is 0 Å². The van der Waals surface area contributed by atoms with Gasteiger partial charge in [-0.2, -0.15) is 0 Å². The maximum absolute atomic E-state index is 12.2. The van der Waals surface area contributed by atoms with E-state index in [9.17, 15) is 4.79 Å². The molecule has 0 aliphatic heterocycles. The zero-order valence-electron chi connectivity index (χ0n) is 12.9. The van der Waals surface area contributed by atoms with E-state index in [4.69, 9.17) is 27.9 Å². The van der Waals surface area contributed by atoms with Crippen LogP contribution in [0.25, 0.3) is 0 Å². The second-order valence-electron chi connectivity index (χ2n) is 5.33. The summed E-state index contributed by atoms with van der Waals surface area (Å²) in [6, 6.07) is 12.4. The van der Waals surface area contributed by atoms with Crippen molar-refractivity contribution < 1.29 is 4.74 Å². The Balaban J connectivity index is 1.65. The SMILES string of the molecule is O=c1cc(OCCn2cccc2)ccn1Cc1ccc(Cl)cc1Cl. The number of aromatic nitrogens is 2. The van der Waals surface area contributed by atoms with Gasteiger partial charge in [0.05, 0.1) is 13.1 Å². The first-order chi connectivity index (χ1) is 11.6. The van der Waals surface area contributed by atoms with Gasteiger partial charge in [0.15, 0.2) is 0 Å². The molecule has 1 aromatic carbocycles. The molecule has 3 aromatic rings. The summed E-state index contributed by atoms with van der Waals surface area (Å²) in [6.45, 7) is 1.62. The molecule has 0 N–H and O–H groups in total. The first kappa shape index (κ1) is 16.7. The number of hydrogen-bond donors (Lipinski definition) is 0. The molecule has 4 nitrogen and oxygen atoms in total. The van der Waals surface area contributed by atoms with E-state index in [-0.39, 0.29) is 5.56 Å². The predicted molar refractivity (Wildman–Crippen MR) is 96.2 cm³/mol. The van der Waals surface area contributed by atoms with Gasteiger partial charge in [-0.05, 0) is 35.9 Å². The van der Waals surface area contributed by atoms with Crippen molar-refractivity contribution in [1.29, 1.82) is 0 Å². The van der Waals surface area contributed by atoms with Crippen LogP contribution in [0.4, 0.5) is 0 Å². The first-order valence-corrected chi connectivity index (χ1v) is 8.25. The lowest BCUT2D eigenvalue weighted by molar-refractivity contribution is 0.297. The number of rotatable bonds is 6. The summed E-state index contributed by atoms with van der Waals surface area (Å²) in [4.78, 5) is 12.2. The third kappa shape index (κ3) is 4.22. The fraction of sp³-hybridized carbons (Fsp3) is 0.167. The van der Waals surface area contributed by atoms with Gasteiger partial charge in [-0.25, -0.2) is 0 Å². The highest BCUT2D eigenvalue weighted by molar-refractivity contribution is 6.35. The van der Waals surface area contributed by atoms with E-state index in [1.54, 1.807) is 29.0 Å². The Labute approximate surface area is 149 Å². The zero-order chi connectivity index (χ0) is 16.9. The van der Waals surface area contributed by atoms with E-state index in [1.807, 2.05) is 35.2 Å². The predicted octanol–water partition coefficient (Wildman–Crippen LogP) is 4.08. The summed E-state index contributed by atoms with van der Waals surface area (Å²) >= 11 is 12.0. The average Bonchev–Trinajstić information content (AvgIpc) is 3.05. The summed E-state index contributed by atoms with van der Waals surface area (Å²) in [6.07, 6.45) is 5.65. The summed E-state index contributed by atoms with van der Waals surface area (Å²) in [5.74, 6) is 0.561. The minimum Gasteiger partial charge on any atom is -0.491 e. The Morgan fingerprint density at radius 1 is 1.00 bits per heavy atom. The van der Waals surface area contributed by atoms with Gasteiger partial charge < -0.3 is 13.9 Å². The van der Waals surface area contributed by atoms with Crippen LogP contribution in [0.2, 0.25) is 10.0 Å². The second-order valence-corrected chi connectivity index (χ2v) is 6.18. The van der Waals surface area contributed by atoms with Crippen molar-refractivity contribution in [3.8, 4) is 5.75 Å². The molecule has 0 atom stereocenters. The Morgan fingerprint density at radius 3 is 2.50 bits per heavy atom. The van der Waals surface area contributed by atoms with E-state index in [1.165, 1.54) is 6.07 Å². The Morgan fingerprint density at radius 2 is 1.79 bits per heavy atom. The minimum atomic E-state index is -0.139. The summed E-state index contributed by atoms with van der Waals surface area (Å²) in [7, 11) is 0. The topological polar surface area (TPSA) is 36.2 Å². The maximum atomic E-state index is 12.2. The molecule has 2 heterocycles. The van der Waals surface area contributed by atoms with Crippen molar-refractivity contribution in [1.82, 2.24) is 9.13 Å². The number of halogens is 2. The average molecular weight is 363 g/mol. The molecule has 0 radical (unpaired) electrons. The zero-order valence-corrected chi connectivity index (χ0v) is 14.4. The molecule has 2 aromatic heterocycles. The molecule has 0 aliphatic carbocycles. The molecule has 0 bridgehead atoms. The number of pyridine rings is 1. The van der Waals surface area contributed by atoms with Crippen LogP contribution < -0.4 is 10.3 Å². The largest absolute Gasteiger partial charge is 0.491 e. The normalized spacial score (nSPS) is 10.8. The molecule has 3 rings (SSSR count). The van der Waals surface area contributed by atoms with Crippen molar-refractivity contribution >= 4 is 23.2 Å². The molecule has 124 valence electrons. The summed E-state index contributed by atoms with van der Waals surface area (Å²) in [5.41, 5.74) is 0.698. The molecule has 0 spiro atoms. The maximum Gasteiger partial charge on any atom is 0.254 e. The standard InChI is InChI=1S/C18H16Cl2N2O2/c19-15-4-3-14(17(20)11-15)13-22-8-5-16(12-18(22)23)24-10-9-21-6-1-2-7-21/h1-8,11-12H,9-10,13H2. The second kappa shape index (κ2) is 7.60. The molecule has 0 saturated heterocycles. The van der Waals surface area contributed by atoms with Gasteiger partial charge in [-0.1, -0.05) is 29.3 Å². The molecule has 24 heavy (non-hydrogen) atoms. The Bertz CT molecular complexity index is 873. The summed E-state index contributed by atoms with van der Waals surface area (Å²) in [5, 5.41) is 1.11. The van der Waals surface area contributed by atoms with Crippen LogP contribution in [0, 0.1) is 0 Å². The Kier molecular flexibility index (Phi) is 5.28. The number of ether oxygens (including phenoxy) is 1. The van der Waals surface area contributed by atoms with Crippen LogP contribution in [-0.2, 0) is 13.1 Å². The van der Waals surface area contributed by atoms with Crippen molar-refractivity contribution in [3.05, 3.63) is 87.0 Å². The molecule has 0 aliphatic rings. The quantitative estimate of drug-likeness (QED) is 0.662. The lowest BCUT2D eigenvalue weighted by Crippen LogP contribution is -2.19. The van der Waals surface area contributed by atoms with Crippen LogP contribution >= 0.6 is 23.2 Å². The van der Waals surface area contributed by atoms with Gasteiger partial charge in [0, 0.05) is 34.7 Å². The van der Waals surface area contributed by atoms with E-state index >= 15 is 0 Å². The van der Waals surface area contributed by atoms with Crippen LogP contribution in [0.3, 0.4) is 0 Å². The van der Waals surface area contributed by atoms with Gasteiger partial charge >= 0.3 is 0 Å². The first-order valence-electron chi connectivity index (χ1n) is 7.50. The van der Waals surface area contributed by atoms with E-state index in [2.05, 4.69) is 0 Å². The van der Waals surface area contributed by atoms with E-state index in [0.29, 0.717) is 28.9 Å². The Hall–Kier alpha value is -2.17. The van der Waals surface area contributed by atoms with Crippen LogP contribution in [0.5, 0.6) is 5.75 Å². The third-order valence-electron chi connectivity index (χ3n) is 3.61. The minimum absolute atomic E-state index is 0.139. The number of hydrogen-bond acceptors (Lipinski definition) is 2. The monoisotopic (exact) mass is 362 g/mol. The number of benzene rings is 1. The fourth-order valence-electron chi connectivity index (χ4n) is 2.33. The van der Waals surface area contributed by atoms with Crippen molar-refractivity contribution in [2.75, 3.05) is 6.61 Å². The highest BCUT2D eigenvalue weighted by Gasteiger charge is 2.05. The molecule has 0 unspecified atom stereocenters. The van der Waals surface area contributed by atoms with Crippen molar-refractivity contribution in [2.45, 2.75) is 13.1 Å². The van der Waals surface area contributed by atoms with E-state index < -0.39 is 0 Å². The van der Waals surface area contributed by atoms with E-state index in [0.717, 1.165) is 12.1 Å². The molecule has 6 heteroatoms. The van der Waals surface area contributed by atoms with Gasteiger partial charge in [0.2, 0.25) is 0 Å². The van der Waals surface area contributed by atoms with Crippen LogP contribution in [0.15, 0.2) is 65.8 Å². The third-order valence-corrected chi connectivity index (χ3v) is 4.19. The lowest BCUT2D eigenvalue weighted by Gasteiger charge is -2.10. The van der Waals surface area contributed by atoms with Gasteiger partial charge in [-0.15, -0.1) is 0 Å². The molecule has 0 saturated carbocycles. The molecule has 0 amide bonds. The lowest BCUT2D eigenvalue weighted by atomic mass is 10.2. The molecular weight excluding hydrogens is 347 g/mol. The smallest absolute Gasteiger partial charge is 0.254 e. The number of nitrogens with zero attached hydrogens (tertiary/aromatic N) is 2. The summed E-state index contributed by atoms with van der Waals surface area (Å²) < 4.78 is 9.22. The highest BCUT2D eigenvalue weighted by atomic mass is 35.5. The van der Waals surface area contributed by atoms with Gasteiger partial charge in [0.1, 0.15) is 12.4 Å². The molecule has 0 fully saturated rings. The highest BCUT2D eigenvalue weighted by Crippen LogP contribution is 2.21. The van der Waals surface area contributed by atoms with Gasteiger partial charge in [-0.3, -0.25) is 4.79 Å². The van der Waals surface area contributed by atoms with Crippen LogP contribution in [-0.4, -0.2) is 15.7 Å². The van der Waals surface area contributed by atoms with Crippen molar-refractivity contribution in [3.63, 3.8) is 0 Å².